The van der Waals surface area contributed by atoms with Crippen LogP contribution in [0.4, 0.5) is 11.4 Å². The maximum absolute atomic E-state index is 13.2. The monoisotopic (exact) mass is 459 g/mol. The molecule has 0 radical (unpaired) electrons. The van der Waals surface area contributed by atoms with Crippen LogP contribution in [0.3, 0.4) is 0 Å². The lowest BCUT2D eigenvalue weighted by Crippen LogP contribution is -2.32. The summed E-state index contributed by atoms with van der Waals surface area (Å²) in [5, 5.41) is 3.23. The van der Waals surface area contributed by atoms with Crippen LogP contribution in [0.1, 0.15) is 38.7 Å². The lowest BCUT2D eigenvalue weighted by Gasteiger charge is -2.28. The number of rotatable bonds is 9. The number of hydrogen-bond donors (Lipinski definition) is 1. The van der Waals surface area contributed by atoms with Crippen molar-refractivity contribution in [2.45, 2.75) is 33.1 Å². The third-order valence-electron chi connectivity index (χ3n) is 6.06. The molecule has 178 valence electrons. The lowest BCUT2D eigenvalue weighted by atomic mass is 10.0. The zero-order chi connectivity index (χ0) is 24.1. The van der Waals surface area contributed by atoms with Gasteiger partial charge < -0.3 is 15.0 Å². The molecule has 0 atom stereocenters. The minimum Gasteiger partial charge on any atom is -0.493 e. The zero-order valence-corrected chi connectivity index (χ0v) is 20.0. The number of nitrogens with one attached hydrogen (secondary N) is 1. The predicted octanol–water partition coefficient (Wildman–Crippen LogP) is 5.09. The number of piperidine rings is 1. The summed E-state index contributed by atoms with van der Waals surface area (Å²) in [6, 6.07) is 15.4. The minimum atomic E-state index is -0.347. The van der Waals surface area contributed by atoms with Gasteiger partial charge in [-0.05, 0) is 67.1 Å². The molecule has 0 aliphatic carbocycles. The standard InChI is InChI=1S/C28H33N3O3/c1-4-16-31-27(32)25(21-8-14-24(15-9-21)34-19-20(2)3)26(28(31)33)29-22-10-12-23(13-11-22)30-17-6-5-7-18-30/h4,8-15,20,29H,1,5-7,16-19H2,2-3H3. The van der Waals surface area contributed by atoms with Crippen molar-refractivity contribution < 1.29 is 14.3 Å². The normalized spacial score (nSPS) is 16.4. The van der Waals surface area contributed by atoms with E-state index in [9.17, 15) is 9.59 Å². The zero-order valence-electron chi connectivity index (χ0n) is 20.0. The molecule has 4 rings (SSSR count). The number of ether oxygens (including phenoxy) is 1. The lowest BCUT2D eigenvalue weighted by molar-refractivity contribution is -0.136. The Morgan fingerprint density at radius 1 is 0.971 bits per heavy atom. The van der Waals surface area contributed by atoms with Gasteiger partial charge in [0.25, 0.3) is 11.8 Å². The molecule has 2 amide bonds. The van der Waals surface area contributed by atoms with E-state index in [1.165, 1.54) is 29.8 Å². The molecule has 1 fully saturated rings. The summed E-state index contributed by atoms with van der Waals surface area (Å²) in [4.78, 5) is 29.9. The highest BCUT2D eigenvalue weighted by molar-refractivity contribution is 6.36. The topological polar surface area (TPSA) is 61.9 Å². The second-order valence-electron chi connectivity index (χ2n) is 9.21. The maximum atomic E-state index is 13.2. The Bertz CT molecular complexity index is 1070. The van der Waals surface area contributed by atoms with E-state index in [4.69, 9.17) is 4.74 Å². The van der Waals surface area contributed by atoms with Crippen molar-refractivity contribution in [3.63, 3.8) is 0 Å². The van der Waals surface area contributed by atoms with E-state index >= 15 is 0 Å². The van der Waals surface area contributed by atoms with E-state index in [0.29, 0.717) is 23.7 Å². The van der Waals surface area contributed by atoms with Gasteiger partial charge in [0.1, 0.15) is 11.4 Å². The smallest absolute Gasteiger partial charge is 0.278 e. The molecule has 1 saturated heterocycles. The molecule has 0 aromatic heterocycles. The molecule has 0 unspecified atom stereocenters. The fourth-order valence-electron chi connectivity index (χ4n) is 4.29. The van der Waals surface area contributed by atoms with Crippen LogP contribution in [-0.2, 0) is 9.59 Å². The fourth-order valence-corrected chi connectivity index (χ4v) is 4.29. The number of nitrogens with zero attached hydrogens (tertiary/aromatic N) is 2. The number of imide groups is 1. The highest BCUT2D eigenvalue weighted by atomic mass is 16.5. The van der Waals surface area contributed by atoms with Crippen molar-refractivity contribution in [1.29, 1.82) is 0 Å². The van der Waals surface area contributed by atoms with E-state index in [-0.39, 0.29) is 24.1 Å². The van der Waals surface area contributed by atoms with Crippen molar-refractivity contribution in [3.05, 3.63) is 72.4 Å². The fraction of sp³-hybridized carbons (Fsp3) is 0.357. The van der Waals surface area contributed by atoms with Gasteiger partial charge in [-0.25, -0.2) is 0 Å². The summed E-state index contributed by atoms with van der Waals surface area (Å²) in [7, 11) is 0. The van der Waals surface area contributed by atoms with Gasteiger partial charge in [0, 0.05) is 31.0 Å². The van der Waals surface area contributed by atoms with Crippen LogP contribution >= 0.6 is 0 Å². The van der Waals surface area contributed by atoms with Crippen molar-refractivity contribution in [2.24, 2.45) is 5.92 Å². The molecule has 0 saturated carbocycles. The first kappa shape index (κ1) is 23.6. The average Bonchev–Trinajstić information content (AvgIpc) is 3.08. The van der Waals surface area contributed by atoms with Crippen LogP contribution < -0.4 is 15.0 Å². The Morgan fingerprint density at radius 3 is 2.26 bits per heavy atom. The third kappa shape index (κ3) is 5.16. The second kappa shape index (κ2) is 10.6. The SMILES string of the molecule is C=CCN1C(=O)C(Nc2ccc(N3CCCCC3)cc2)=C(c2ccc(OCC(C)C)cc2)C1=O. The van der Waals surface area contributed by atoms with E-state index in [1.54, 1.807) is 6.08 Å². The molecule has 2 aromatic carbocycles. The highest BCUT2D eigenvalue weighted by Gasteiger charge is 2.38. The van der Waals surface area contributed by atoms with Gasteiger partial charge in [-0.1, -0.05) is 32.1 Å². The maximum Gasteiger partial charge on any atom is 0.278 e. The van der Waals surface area contributed by atoms with Gasteiger partial charge in [0.2, 0.25) is 0 Å². The summed E-state index contributed by atoms with van der Waals surface area (Å²) >= 11 is 0. The first-order valence-electron chi connectivity index (χ1n) is 12.0. The van der Waals surface area contributed by atoms with Gasteiger partial charge in [-0.3, -0.25) is 14.5 Å². The molecule has 0 bridgehead atoms. The largest absolute Gasteiger partial charge is 0.493 e. The molecule has 2 heterocycles. The number of benzene rings is 2. The van der Waals surface area contributed by atoms with Crippen molar-refractivity contribution in [2.75, 3.05) is 36.5 Å². The Balaban J connectivity index is 1.60. The number of carbonyl (C=O) groups excluding carboxylic acids is 2. The summed E-state index contributed by atoms with van der Waals surface area (Å²) in [6.07, 6.45) is 5.28. The van der Waals surface area contributed by atoms with Crippen LogP contribution in [0, 0.1) is 5.92 Å². The Hall–Kier alpha value is -3.54. The van der Waals surface area contributed by atoms with E-state index in [0.717, 1.165) is 24.5 Å². The van der Waals surface area contributed by atoms with Crippen LogP contribution in [0.5, 0.6) is 5.75 Å². The molecule has 0 spiro atoms. The van der Waals surface area contributed by atoms with Gasteiger partial charge in [-0.2, -0.15) is 0 Å². The molecule has 2 aliphatic rings. The van der Waals surface area contributed by atoms with E-state index in [2.05, 4.69) is 42.8 Å². The first-order chi connectivity index (χ1) is 16.5. The van der Waals surface area contributed by atoms with Crippen molar-refractivity contribution >= 4 is 28.8 Å². The molecule has 2 aliphatic heterocycles. The van der Waals surface area contributed by atoms with Gasteiger partial charge in [-0.15, -0.1) is 6.58 Å². The van der Waals surface area contributed by atoms with Crippen molar-refractivity contribution in [1.82, 2.24) is 4.90 Å². The van der Waals surface area contributed by atoms with E-state index < -0.39 is 0 Å². The highest BCUT2D eigenvalue weighted by Crippen LogP contribution is 2.32. The predicted molar refractivity (Wildman–Crippen MR) is 137 cm³/mol. The molecule has 2 aromatic rings. The number of anilines is 2. The molecule has 1 N–H and O–H groups in total. The second-order valence-corrected chi connectivity index (χ2v) is 9.21. The number of hydrogen-bond acceptors (Lipinski definition) is 5. The van der Waals surface area contributed by atoms with Gasteiger partial charge in [0.15, 0.2) is 0 Å². The Labute approximate surface area is 201 Å². The summed E-state index contributed by atoms with van der Waals surface area (Å²) in [5.41, 5.74) is 3.27. The molecular weight excluding hydrogens is 426 g/mol. The van der Waals surface area contributed by atoms with Gasteiger partial charge in [0.05, 0.1) is 12.2 Å². The third-order valence-corrected chi connectivity index (χ3v) is 6.06. The van der Waals surface area contributed by atoms with Crippen molar-refractivity contribution in [3.8, 4) is 5.75 Å². The number of carbonyl (C=O) groups is 2. The van der Waals surface area contributed by atoms with E-state index in [1.807, 2.05) is 36.4 Å². The molecule has 6 nitrogen and oxygen atoms in total. The number of amides is 2. The average molecular weight is 460 g/mol. The first-order valence-corrected chi connectivity index (χ1v) is 12.0. The molecule has 6 heteroatoms. The van der Waals surface area contributed by atoms with Crippen LogP contribution in [0.25, 0.3) is 5.57 Å². The summed E-state index contributed by atoms with van der Waals surface area (Å²) in [6.45, 7) is 10.8. The summed E-state index contributed by atoms with van der Waals surface area (Å²) in [5.74, 6) is 0.481. The van der Waals surface area contributed by atoms with Crippen LogP contribution in [0.15, 0.2) is 66.9 Å². The molecular formula is C28H33N3O3. The quantitative estimate of drug-likeness (QED) is 0.418. The van der Waals surface area contributed by atoms with Crippen LogP contribution in [-0.4, -0.2) is 43.0 Å². The Kier molecular flexibility index (Phi) is 7.36. The Morgan fingerprint density at radius 2 is 1.65 bits per heavy atom. The minimum absolute atomic E-state index is 0.163. The van der Waals surface area contributed by atoms with Crippen LogP contribution in [0.2, 0.25) is 0 Å². The summed E-state index contributed by atoms with van der Waals surface area (Å²) < 4.78 is 5.77. The van der Waals surface area contributed by atoms with Gasteiger partial charge >= 0.3 is 0 Å². The molecule has 34 heavy (non-hydrogen) atoms.